The number of hydrogen-bond donors (Lipinski definition) is 1. The van der Waals surface area contributed by atoms with E-state index in [4.69, 9.17) is 0 Å². The van der Waals surface area contributed by atoms with Gasteiger partial charge < -0.3 is 9.88 Å². The number of nitrogens with one attached hydrogen (secondary N) is 1. The molecule has 0 spiro atoms. The zero-order valence-corrected chi connectivity index (χ0v) is 10.2. The molecule has 1 heterocycles. The highest BCUT2D eigenvalue weighted by molar-refractivity contribution is 4.87. The van der Waals surface area contributed by atoms with Gasteiger partial charge in [0.15, 0.2) is 0 Å². The van der Waals surface area contributed by atoms with Gasteiger partial charge in [-0.15, -0.1) is 10.2 Å². The van der Waals surface area contributed by atoms with Crippen LogP contribution in [0.15, 0.2) is 6.33 Å². The monoisotopic (exact) mass is 210 g/mol. The summed E-state index contributed by atoms with van der Waals surface area (Å²) in [7, 11) is 0. The van der Waals surface area contributed by atoms with E-state index in [-0.39, 0.29) is 5.54 Å². The maximum Gasteiger partial charge on any atom is 0.134 e. The van der Waals surface area contributed by atoms with Gasteiger partial charge in [-0.05, 0) is 27.2 Å². The summed E-state index contributed by atoms with van der Waals surface area (Å²) in [5.41, 5.74) is 0.176. The Morgan fingerprint density at radius 1 is 1.40 bits per heavy atom. The molecule has 1 aromatic heterocycles. The second-order valence-corrected chi connectivity index (χ2v) is 4.87. The van der Waals surface area contributed by atoms with Gasteiger partial charge in [-0.3, -0.25) is 0 Å². The van der Waals surface area contributed by atoms with Crippen LogP contribution in [-0.4, -0.2) is 26.8 Å². The maximum absolute atomic E-state index is 4.13. The van der Waals surface area contributed by atoms with Gasteiger partial charge in [0.2, 0.25) is 0 Å². The first-order chi connectivity index (χ1) is 7.03. The Morgan fingerprint density at radius 2 is 2.13 bits per heavy atom. The van der Waals surface area contributed by atoms with Crippen LogP contribution in [0.4, 0.5) is 0 Å². The molecule has 0 atom stereocenters. The Morgan fingerprint density at radius 3 is 2.73 bits per heavy atom. The molecule has 1 rings (SSSR count). The molecule has 0 aliphatic carbocycles. The van der Waals surface area contributed by atoms with E-state index < -0.39 is 0 Å². The van der Waals surface area contributed by atoms with E-state index in [1.807, 2.05) is 6.33 Å². The smallest absolute Gasteiger partial charge is 0.134 e. The predicted octanol–water partition coefficient (Wildman–Crippen LogP) is 1.62. The van der Waals surface area contributed by atoms with Crippen LogP contribution in [0.2, 0.25) is 0 Å². The van der Waals surface area contributed by atoms with E-state index in [2.05, 4.69) is 47.8 Å². The van der Waals surface area contributed by atoms with Crippen molar-refractivity contribution in [2.45, 2.75) is 52.6 Å². The molecule has 0 unspecified atom stereocenters. The van der Waals surface area contributed by atoms with Crippen LogP contribution in [0, 0.1) is 0 Å². The Labute approximate surface area is 92.1 Å². The molecule has 1 aromatic rings. The van der Waals surface area contributed by atoms with Gasteiger partial charge in [-0.1, -0.05) is 6.92 Å². The SMILES string of the molecule is CCCn1cnnc1CCNC(C)(C)C. The van der Waals surface area contributed by atoms with Crippen molar-refractivity contribution in [1.29, 1.82) is 0 Å². The predicted molar refractivity (Wildman–Crippen MR) is 61.8 cm³/mol. The number of aromatic nitrogens is 3. The van der Waals surface area contributed by atoms with Crippen LogP contribution in [0.5, 0.6) is 0 Å². The van der Waals surface area contributed by atoms with Gasteiger partial charge in [-0.2, -0.15) is 0 Å². The standard InChI is InChI=1S/C11H22N4/c1-5-8-15-9-13-14-10(15)6-7-12-11(2,3)4/h9,12H,5-8H2,1-4H3. The molecule has 0 saturated heterocycles. The summed E-state index contributed by atoms with van der Waals surface area (Å²) in [4.78, 5) is 0. The third-order valence-corrected chi connectivity index (χ3v) is 2.16. The van der Waals surface area contributed by atoms with Crippen molar-refractivity contribution >= 4 is 0 Å². The van der Waals surface area contributed by atoms with E-state index in [0.29, 0.717) is 0 Å². The first kappa shape index (κ1) is 12.2. The molecule has 15 heavy (non-hydrogen) atoms. The Bertz CT molecular complexity index is 285. The largest absolute Gasteiger partial charge is 0.318 e. The molecule has 0 fully saturated rings. The van der Waals surface area contributed by atoms with Crippen molar-refractivity contribution in [3.63, 3.8) is 0 Å². The minimum Gasteiger partial charge on any atom is -0.318 e. The highest BCUT2D eigenvalue weighted by Gasteiger charge is 2.09. The number of nitrogens with zero attached hydrogens (tertiary/aromatic N) is 3. The van der Waals surface area contributed by atoms with Crippen LogP contribution in [0.3, 0.4) is 0 Å². The highest BCUT2D eigenvalue weighted by Crippen LogP contribution is 2.01. The summed E-state index contributed by atoms with van der Waals surface area (Å²) in [6, 6.07) is 0. The summed E-state index contributed by atoms with van der Waals surface area (Å²) in [6.45, 7) is 10.6. The minimum absolute atomic E-state index is 0.176. The van der Waals surface area contributed by atoms with Gasteiger partial charge in [0.25, 0.3) is 0 Å². The molecule has 0 amide bonds. The van der Waals surface area contributed by atoms with Gasteiger partial charge in [0.1, 0.15) is 12.2 Å². The lowest BCUT2D eigenvalue weighted by Crippen LogP contribution is -2.37. The lowest BCUT2D eigenvalue weighted by Gasteiger charge is -2.20. The second-order valence-electron chi connectivity index (χ2n) is 4.87. The van der Waals surface area contributed by atoms with E-state index in [0.717, 1.165) is 31.8 Å². The molecule has 4 nitrogen and oxygen atoms in total. The zero-order valence-electron chi connectivity index (χ0n) is 10.2. The molecule has 4 heteroatoms. The minimum atomic E-state index is 0.176. The maximum atomic E-state index is 4.13. The first-order valence-electron chi connectivity index (χ1n) is 5.64. The van der Waals surface area contributed by atoms with Crippen molar-refractivity contribution in [1.82, 2.24) is 20.1 Å². The Balaban J connectivity index is 2.40. The first-order valence-corrected chi connectivity index (χ1v) is 5.64. The third-order valence-electron chi connectivity index (χ3n) is 2.16. The van der Waals surface area contributed by atoms with E-state index >= 15 is 0 Å². The molecular weight excluding hydrogens is 188 g/mol. The molecule has 0 saturated carbocycles. The van der Waals surface area contributed by atoms with Crippen molar-refractivity contribution in [3.05, 3.63) is 12.2 Å². The van der Waals surface area contributed by atoms with Gasteiger partial charge in [0.05, 0.1) is 0 Å². The quantitative estimate of drug-likeness (QED) is 0.803. The molecule has 0 aliphatic rings. The summed E-state index contributed by atoms with van der Waals surface area (Å²) >= 11 is 0. The lowest BCUT2D eigenvalue weighted by molar-refractivity contribution is 0.425. The normalized spacial score (nSPS) is 12.0. The molecule has 0 bridgehead atoms. The van der Waals surface area contributed by atoms with E-state index in [1.54, 1.807) is 0 Å². The fourth-order valence-corrected chi connectivity index (χ4v) is 1.45. The highest BCUT2D eigenvalue weighted by atomic mass is 15.3. The molecule has 0 radical (unpaired) electrons. The number of aryl methyl sites for hydroxylation is 1. The Hall–Kier alpha value is -0.900. The van der Waals surface area contributed by atoms with Gasteiger partial charge >= 0.3 is 0 Å². The van der Waals surface area contributed by atoms with Crippen LogP contribution < -0.4 is 5.32 Å². The van der Waals surface area contributed by atoms with Gasteiger partial charge in [0, 0.05) is 25.0 Å². The zero-order chi connectivity index (χ0) is 11.3. The summed E-state index contributed by atoms with van der Waals surface area (Å²) in [6.07, 6.45) is 3.88. The molecule has 0 aromatic carbocycles. The van der Waals surface area contributed by atoms with E-state index in [1.165, 1.54) is 0 Å². The van der Waals surface area contributed by atoms with Crippen LogP contribution >= 0.6 is 0 Å². The van der Waals surface area contributed by atoms with Crippen LogP contribution in [0.1, 0.15) is 39.9 Å². The summed E-state index contributed by atoms with van der Waals surface area (Å²) < 4.78 is 2.13. The fraction of sp³-hybridized carbons (Fsp3) is 0.818. The molecular formula is C11H22N4. The molecule has 0 aliphatic heterocycles. The Kier molecular flexibility index (Phi) is 4.27. The summed E-state index contributed by atoms with van der Waals surface area (Å²) in [5, 5.41) is 11.5. The molecule has 86 valence electrons. The van der Waals surface area contributed by atoms with Gasteiger partial charge in [-0.25, -0.2) is 0 Å². The lowest BCUT2D eigenvalue weighted by atomic mass is 10.1. The topological polar surface area (TPSA) is 42.7 Å². The third kappa shape index (κ3) is 4.42. The molecule has 1 N–H and O–H groups in total. The average molecular weight is 210 g/mol. The second kappa shape index (κ2) is 5.26. The van der Waals surface area contributed by atoms with Crippen molar-refractivity contribution < 1.29 is 0 Å². The fourth-order valence-electron chi connectivity index (χ4n) is 1.45. The van der Waals surface area contributed by atoms with Crippen LogP contribution in [0.25, 0.3) is 0 Å². The average Bonchev–Trinajstić information content (AvgIpc) is 2.51. The van der Waals surface area contributed by atoms with E-state index in [9.17, 15) is 0 Å². The number of rotatable bonds is 5. The van der Waals surface area contributed by atoms with Crippen molar-refractivity contribution in [3.8, 4) is 0 Å². The van der Waals surface area contributed by atoms with Crippen LogP contribution in [-0.2, 0) is 13.0 Å². The number of hydrogen-bond acceptors (Lipinski definition) is 3. The summed E-state index contributed by atoms with van der Waals surface area (Å²) in [5.74, 6) is 1.08. The van der Waals surface area contributed by atoms with Crippen molar-refractivity contribution in [2.24, 2.45) is 0 Å². The van der Waals surface area contributed by atoms with Crippen molar-refractivity contribution in [2.75, 3.05) is 6.54 Å².